The molecular formula is C18H25P. The SMILES string of the molecule is C=CC1=C(/C=C\C)C(C)C(/C=C\CC)=C(/C=C\C)P1. The minimum Gasteiger partial charge on any atom is -0.0984 e. The Morgan fingerprint density at radius 1 is 1.05 bits per heavy atom. The molecule has 0 saturated carbocycles. The fourth-order valence-corrected chi connectivity index (χ4v) is 3.82. The molecule has 0 saturated heterocycles. The average Bonchev–Trinajstić information content (AvgIpc) is 2.41. The molecule has 0 aromatic carbocycles. The Hall–Kier alpha value is -1.13. The van der Waals surface area contributed by atoms with Crippen LogP contribution in [-0.2, 0) is 0 Å². The Morgan fingerprint density at radius 3 is 2.21 bits per heavy atom. The number of allylic oxidation sites excluding steroid dienone is 11. The summed E-state index contributed by atoms with van der Waals surface area (Å²) in [5, 5.41) is 2.83. The maximum Gasteiger partial charge on any atom is 0.00734 e. The van der Waals surface area contributed by atoms with Gasteiger partial charge in [0, 0.05) is 5.92 Å². The van der Waals surface area contributed by atoms with E-state index in [4.69, 9.17) is 0 Å². The number of hydrogen-bond donors (Lipinski definition) is 0. The summed E-state index contributed by atoms with van der Waals surface area (Å²) in [7, 11) is 0.710. The molecule has 0 spiro atoms. The van der Waals surface area contributed by atoms with Gasteiger partial charge in [0.1, 0.15) is 0 Å². The van der Waals surface area contributed by atoms with E-state index >= 15 is 0 Å². The predicted octanol–water partition coefficient (Wildman–Crippen LogP) is 6.13. The highest BCUT2D eigenvalue weighted by Crippen LogP contribution is 2.48. The van der Waals surface area contributed by atoms with Crippen molar-refractivity contribution in [2.75, 3.05) is 0 Å². The first-order valence-corrected chi connectivity index (χ1v) is 7.99. The van der Waals surface area contributed by atoms with Crippen molar-refractivity contribution < 1.29 is 0 Å². The van der Waals surface area contributed by atoms with E-state index in [0.29, 0.717) is 14.5 Å². The van der Waals surface area contributed by atoms with E-state index in [9.17, 15) is 0 Å². The zero-order valence-electron chi connectivity index (χ0n) is 12.5. The smallest absolute Gasteiger partial charge is 0.00734 e. The Morgan fingerprint density at radius 2 is 1.68 bits per heavy atom. The first-order valence-electron chi connectivity index (χ1n) is 6.99. The summed E-state index contributed by atoms with van der Waals surface area (Å²) < 4.78 is 0. The molecule has 0 amide bonds. The second-order valence-corrected chi connectivity index (χ2v) is 5.93. The fraction of sp³-hybridized carbons (Fsp3) is 0.333. The van der Waals surface area contributed by atoms with Crippen LogP contribution in [-0.4, -0.2) is 0 Å². The van der Waals surface area contributed by atoms with Crippen LogP contribution in [0.5, 0.6) is 0 Å². The lowest BCUT2D eigenvalue weighted by atomic mass is 9.90. The van der Waals surface area contributed by atoms with Crippen LogP contribution in [0.15, 0.2) is 70.9 Å². The summed E-state index contributed by atoms with van der Waals surface area (Å²) in [5.41, 5.74) is 2.87. The lowest BCUT2D eigenvalue weighted by molar-refractivity contribution is 0.837. The fourth-order valence-electron chi connectivity index (χ4n) is 2.29. The van der Waals surface area contributed by atoms with Gasteiger partial charge in [-0.05, 0) is 42.0 Å². The second-order valence-electron chi connectivity index (χ2n) is 4.60. The molecule has 1 aliphatic rings. The zero-order chi connectivity index (χ0) is 14.3. The van der Waals surface area contributed by atoms with Crippen LogP contribution in [0.25, 0.3) is 0 Å². The zero-order valence-corrected chi connectivity index (χ0v) is 13.5. The standard InChI is InChI=1S/C18H25P/c1-6-10-13-16-14(5)15(11-7-2)17(9-4)19-18(16)12-8-3/h7-14,19H,4,6H2,1-3,5H3/b11-7-,12-8-,13-10-. The molecule has 1 heterocycles. The molecule has 0 aliphatic carbocycles. The minimum atomic E-state index is 0.444. The van der Waals surface area contributed by atoms with Crippen molar-refractivity contribution in [2.24, 2.45) is 5.92 Å². The molecule has 1 heteroatoms. The second kappa shape index (κ2) is 8.12. The van der Waals surface area contributed by atoms with Crippen molar-refractivity contribution in [3.63, 3.8) is 0 Å². The van der Waals surface area contributed by atoms with Gasteiger partial charge in [-0.1, -0.05) is 71.5 Å². The van der Waals surface area contributed by atoms with E-state index in [1.807, 2.05) is 6.08 Å². The van der Waals surface area contributed by atoms with Crippen LogP contribution in [0.4, 0.5) is 0 Å². The van der Waals surface area contributed by atoms with E-state index < -0.39 is 0 Å². The lowest BCUT2D eigenvalue weighted by Crippen LogP contribution is -2.07. The molecule has 1 rings (SSSR count). The van der Waals surface area contributed by atoms with Gasteiger partial charge >= 0.3 is 0 Å². The van der Waals surface area contributed by atoms with Gasteiger partial charge in [0.25, 0.3) is 0 Å². The summed E-state index contributed by atoms with van der Waals surface area (Å²) in [6.07, 6.45) is 16.4. The molecule has 0 aromatic rings. The van der Waals surface area contributed by atoms with Gasteiger partial charge < -0.3 is 0 Å². The Bertz CT molecular complexity index is 470. The molecular weight excluding hydrogens is 247 g/mol. The van der Waals surface area contributed by atoms with Crippen LogP contribution < -0.4 is 0 Å². The van der Waals surface area contributed by atoms with E-state index in [1.54, 1.807) is 0 Å². The maximum absolute atomic E-state index is 3.98. The molecule has 2 atom stereocenters. The number of hydrogen-bond acceptors (Lipinski definition) is 0. The predicted molar refractivity (Wildman–Crippen MR) is 90.8 cm³/mol. The molecule has 1 aliphatic heterocycles. The highest BCUT2D eigenvalue weighted by atomic mass is 31.1. The third-order valence-corrected chi connectivity index (χ3v) is 4.73. The summed E-state index contributed by atoms with van der Waals surface area (Å²) in [5.74, 6) is 0.444. The molecule has 0 fully saturated rings. The third-order valence-electron chi connectivity index (χ3n) is 3.24. The van der Waals surface area contributed by atoms with Gasteiger partial charge in [-0.15, -0.1) is 0 Å². The first kappa shape index (κ1) is 15.9. The molecule has 0 nitrogen and oxygen atoms in total. The molecule has 0 N–H and O–H groups in total. The van der Waals surface area contributed by atoms with Crippen molar-refractivity contribution in [1.29, 1.82) is 0 Å². The molecule has 2 unspecified atom stereocenters. The molecule has 19 heavy (non-hydrogen) atoms. The topological polar surface area (TPSA) is 0 Å². The average molecular weight is 272 g/mol. The van der Waals surface area contributed by atoms with Crippen LogP contribution >= 0.6 is 8.58 Å². The van der Waals surface area contributed by atoms with Gasteiger partial charge in [0.15, 0.2) is 0 Å². The van der Waals surface area contributed by atoms with Gasteiger partial charge in [0.05, 0.1) is 0 Å². The van der Waals surface area contributed by atoms with Crippen molar-refractivity contribution in [2.45, 2.75) is 34.1 Å². The lowest BCUT2D eigenvalue weighted by Gasteiger charge is -2.26. The summed E-state index contributed by atoms with van der Waals surface area (Å²) in [4.78, 5) is 0. The summed E-state index contributed by atoms with van der Waals surface area (Å²) >= 11 is 0. The van der Waals surface area contributed by atoms with Crippen molar-refractivity contribution in [3.8, 4) is 0 Å². The van der Waals surface area contributed by atoms with Crippen molar-refractivity contribution in [1.82, 2.24) is 0 Å². The third kappa shape index (κ3) is 3.91. The largest absolute Gasteiger partial charge is 0.0984 e. The summed E-state index contributed by atoms with van der Waals surface area (Å²) in [6.45, 7) is 12.6. The van der Waals surface area contributed by atoms with Crippen LogP contribution in [0.3, 0.4) is 0 Å². The summed E-state index contributed by atoms with van der Waals surface area (Å²) in [6, 6.07) is 0. The normalized spacial score (nSPS) is 22.6. The molecule has 102 valence electrons. The van der Waals surface area contributed by atoms with Gasteiger partial charge in [0.2, 0.25) is 0 Å². The minimum absolute atomic E-state index is 0.444. The van der Waals surface area contributed by atoms with Gasteiger partial charge in [-0.3, -0.25) is 0 Å². The van der Waals surface area contributed by atoms with E-state index in [1.165, 1.54) is 21.8 Å². The molecule has 0 bridgehead atoms. The van der Waals surface area contributed by atoms with Crippen molar-refractivity contribution in [3.05, 3.63) is 70.9 Å². The van der Waals surface area contributed by atoms with Gasteiger partial charge in [-0.25, -0.2) is 0 Å². The van der Waals surface area contributed by atoms with Crippen LogP contribution in [0.1, 0.15) is 34.1 Å². The highest BCUT2D eigenvalue weighted by Gasteiger charge is 2.21. The number of rotatable bonds is 5. The Kier molecular flexibility index (Phi) is 6.81. The Balaban J connectivity index is 3.29. The van der Waals surface area contributed by atoms with Gasteiger partial charge in [-0.2, -0.15) is 0 Å². The molecule has 0 radical (unpaired) electrons. The molecule has 0 aromatic heterocycles. The van der Waals surface area contributed by atoms with E-state index in [2.05, 4.69) is 70.7 Å². The van der Waals surface area contributed by atoms with Crippen molar-refractivity contribution >= 4 is 8.58 Å². The maximum atomic E-state index is 3.98. The first-order chi connectivity index (χ1) is 9.19. The van der Waals surface area contributed by atoms with E-state index in [-0.39, 0.29) is 0 Å². The quantitative estimate of drug-likeness (QED) is 0.528. The Labute approximate surface area is 120 Å². The monoisotopic (exact) mass is 272 g/mol. The van der Waals surface area contributed by atoms with Crippen LogP contribution in [0.2, 0.25) is 0 Å². The highest BCUT2D eigenvalue weighted by molar-refractivity contribution is 7.48. The van der Waals surface area contributed by atoms with Crippen LogP contribution in [0, 0.1) is 5.92 Å². The van der Waals surface area contributed by atoms with E-state index in [0.717, 1.165) is 6.42 Å².